The van der Waals surface area contributed by atoms with Crippen LogP contribution in [0.2, 0.25) is 0 Å². The SMILES string of the molecule is CC(=O)NCC1CN(c2ccc(N3CCN(c4ccc(-c5cccs5)cn4)CC3)c(F)c2)C(=O)O1. The molecule has 1 aromatic carbocycles. The van der Waals surface area contributed by atoms with Crippen LogP contribution in [0.5, 0.6) is 0 Å². The van der Waals surface area contributed by atoms with E-state index in [1.165, 1.54) is 22.8 Å². The van der Waals surface area contributed by atoms with Crippen molar-refractivity contribution in [2.24, 2.45) is 0 Å². The fraction of sp³-hybridized carbons (Fsp3) is 0.320. The molecule has 1 unspecified atom stereocenters. The number of pyridine rings is 1. The highest BCUT2D eigenvalue weighted by Gasteiger charge is 2.33. The first kappa shape index (κ1) is 23.1. The Bertz CT molecular complexity index is 1200. The number of cyclic esters (lactones) is 1. The summed E-state index contributed by atoms with van der Waals surface area (Å²) in [5, 5.41) is 4.69. The quantitative estimate of drug-likeness (QED) is 0.562. The van der Waals surface area contributed by atoms with Crippen LogP contribution in [0.4, 0.5) is 26.4 Å². The number of carbonyl (C=O) groups is 2. The Balaban J connectivity index is 1.19. The van der Waals surface area contributed by atoms with Crippen molar-refractivity contribution in [3.63, 3.8) is 0 Å². The molecule has 2 saturated heterocycles. The van der Waals surface area contributed by atoms with Gasteiger partial charge in [0, 0.05) is 49.7 Å². The number of nitrogens with zero attached hydrogens (tertiary/aromatic N) is 4. The van der Waals surface area contributed by atoms with E-state index in [2.05, 4.69) is 32.7 Å². The van der Waals surface area contributed by atoms with Crippen LogP contribution in [0.1, 0.15) is 6.92 Å². The lowest BCUT2D eigenvalue weighted by molar-refractivity contribution is -0.119. The van der Waals surface area contributed by atoms with E-state index in [1.807, 2.05) is 23.2 Å². The summed E-state index contributed by atoms with van der Waals surface area (Å²) in [5.41, 5.74) is 2.06. The van der Waals surface area contributed by atoms with Crippen LogP contribution in [0.25, 0.3) is 10.4 Å². The summed E-state index contributed by atoms with van der Waals surface area (Å²) in [7, 11) is 0. The summed E-state index contributed by atoms with van der Waals surface area (Å²) >= 11 is 1.69. The van der Waals surface area contributed by atoms with Crippen molar-refractivity contribution in [3.05, 3.63) is 59.9 Å². The lowest BCUT2D eigenvalue weighted by Crippen LogP contribution is -2.47. The van der Waals surface area contributed by atoms with Crippen molar-refractivity contribution in [2.75, 3.05) is 54.0 Å². The summed E-state index contributed by atoms with van der Waals surface area (Å²) in [6.07, 6.45) is 0.893. The van der Waals surface area contributed by atoms with Crippen LogP contribution < -0.4 is 20.0 Å². The van der Waals surface area contributed by atoms with Crippen LogP contribution in [0.3, 0.4) is 0 Å². The van der Waals surface area contributed by atoms with Gasteiger partial charge >= 0.3 is 6.09 Å². The molecule has 2 aliphatic rings. The first-order valence-corrected chi connectivity index (χ1v) is 12.4. The molecule has 3 aromatic rings. The molecular formula is C25H26FN5O3S. The standard InChI is InChI=1S/C25H26FN5O3S/c1-17(32)27-15-20-16-31(25(33)34-20)19-5-6-22(21(26)13-19)29-8-10-30(11-9-29)24-7-4-18(14-28-24)23-3-2-12-35-23/h2-7,12-14,20H,8-11,15-16H2,1H3,(H,27,32). The molecule has 2 aliphatic heterocycles. The van der Waals surface area contributed by atoms with E-state index in [1.54, 1.807) is 23.5 Å². The number of benzene rings is 1. The van der Waals surface area contributed by atoms with Gasteiger partial charge in [0.25, 0.3) is 0 Å². The van der Waals surface area contributed by atoms with Crippen LogP contribution in [0.15, 0.2) is 54.0 Å². The van der Waals surface area contributed by atoms with Crippen molar-refractivity contribution in [1.82, 2.24) is 10.3 Å². The molecule has 0 radical (unpaired) electrons. The Morgan fingerprint density at radius 2 is 1.97 bits per heavy atom. The lowest BCUT2D eigenvalue weighted by Gasteiger charge is -2.37. The highest BCUT2D eigenvalue weighted by Crippen LogP contribution is 2.30. The molecule has 0 aliphatic carbocycles. The molecule has 1 N–H and O–H groups in total. The third-order valence-electron chi connectivity index (χ3n) is 6.19. The average Bonchev–Trinajstić information content (AvgIpc) is 3.53. The molecular weight excluding hydrogens is 469 g/mol. The minimum absolute atomic E-state index is 0.193. The number of amides is 2. The number of hydrogen-bond acceptors (Lipinski definition) is 7. The van der Waals surface area contributed by atoms with Crippen LogP contribution >= 0.6 is 11.3 Å². The van der Waals surface area contributed by atoms with E-state index in [-0.39, 0.29) is 24.8 Å². The number of anilines is 3. The van der Waals surface area contributed by atoms with Crippen LogP contribution in [-0.2, 0) is 9.53 Å². The minimum Gasteiger partial charge on any atom is -0.442 e. The summed E-state index contributed by atoms with van der Waals surface area (Å²) in [4.78, 5) is 34.8. The molecule has 182 valence electrons. The molecule has 2 aromatic heterocycles. The van der Waals surface area contributed by atoms with Gasteiger partial charge < -0.3 is 19.9 Å². The van der Waals surface area contributed by atoms with Gasteiger partial charge in [-0.25, -0.2) is 14.2 Å². The van der Waals surface area contributed by atoms with E-state index < -0.39 is 12.2 Å². The second-order valence-electron chi connectivity index (χ2n) is 8.55. The lowest BCUT2D eigenvalue weighted by atomic mass is 10.2. The van der Waals surface area contributed by atoms with Gasteiger partial charge in [-0.15, -0.1) is 11.3 Å². The zero-order valence-electron chi connectivity index (χ0n) is 19.3. The molecule has 2 amide bonds. The predicted octanol–water partition coefficient (Wildman–Crippen LogP) is 3.74. The van der Waals surface area contributed by atoms with Gasteiger partial charge in [0.05, 0.1) is 24.5 Å². The molecule has 0 saturated carbocycles. The fourth-order valence-corrected chi connectivity index (χ4v) is 5.07. The number of aromatic nitrogens is 1. The van der Waals surface area contributed by atoms with E-state index in [0.29, 0.717) is 24.5 Å². The Morgan fingerprint density at radius 3 is 2.63 bits per heavy atom. The summed E-state index contributed by atoms with van der Waals surface area (Å²) in [5.74, 6) is 0.343. The zero-order chi connectivity index (χ0) is 24.4. The minimum atomic E-state index is -0.543. The number of halogens is 1. The number of carbonyl (C=O) groups excluding carboxylic acids is 2. The molecule has 8 nitrogen and oxygen atoms in total. The first-order valence-electron chi connectivity index (χ1n) is 11.5. The smallest absolute Gasteiger partial charge is 0.414 e. The van der Waals surface area contributed by atoms with E-state index >= 15 is 4.39 Å². The highest BCUT2D eigenvalue weighted by atomic mass is 32.1. The summed E-state index contributed by atoms with van der Waals surface area (Å²) in [6.45, 7) is 4.68. The number of hydrogen-bond donors (Lipinski definition) is 1. The number of rotatable bonds is 6. The van der Waals surface area contributed by atoms with Crippen molar-refractivity contribution in [3.8, 4) is 10.4 Å². The van der Waals surface area contributed by atoms with Crippen molar-refractivity contribution in [1.29, 1.82) is 0 Å². The van der Waals surface area contributed by atoms with Gasteiger partial charge in [0.15, 0.2) is 0 Å². The normalized spacial score (nSPS) is 18.1. The molecule has 0 spiro atoms. The Morgan fingerprint density at radius 1 is 1.17 bits per heavy atom. The zero-order valence-corrected chi connectivity index (χ0v) is 20.1. The van der Waals surface area contributed by atoms with E-state index in [0.717, 1.165) is 24.5 Å². The van der Waals surface area contributed by atoms with Gasteiger partial charge in [-0.3, -0.25) is 9.69 Å². The number of nitrogens with one attached hydrogen (secondary N) is 1. The number of ether oxygens (including phenoxy) is 1. The van der Waals surface area contributed by atoms with Crippen LogP contribution in [-0.4, -0.2) is 62.4 Å². The number of thiophene rings is 1. The predicted molar refractivity (Wildman–Crippen MR) is 135 cm³/mol. The molecule has 5 rings (SSSR count). The maximum atomic E-state index is 15.1. The Kier molecular flexibility index (Phi) is 6.54. The maximum absolute atomic E-state index is 15.1. The van der Waals surface area contributed by atoms with Gasteiger partial charge in [0.1, 0.15) is 17.7 Å². The Hall–Kier alpha value is -3.66. The van der Waals surface area contributed by atoms with Crippen molar-refractivity contribution in [2.45, 2.75) is 13.0 Å². The number of piperazine rings is 1. The largest absolute Gasteiger partial charge is 0.442 e. The molecule has 2 fully saturated rings. The van der Waals surface area contributed by atoms with E-state index in [4.69, 9.17) is 4.74 Å². The second kappa shape index (κ2) is 9.91. The molecule has 1 atom stereocenters. The van der Waals surface area contributed by atoms with Gasteiger partial charge in [-0.2, -0.15) is 0 Å². The van der Waals surface area contributed by atoms with Gasteiger partial charge in [-0.05, 0) is 41.8 Å². The van der Waals surface area contributed by atoms with Gasteiger partial charge in [-0.1, -0.05) is 6.07 Å². The third kappa shape index (κ3) is 5.07. The maximum Gasteiger partial charge on any atom is 0.414 e. The summed E-state index contributed by atoms with van der Waals surface area (Å²) in [6, 6.07) is 13.0. The average molecular weight is 496 g/mol. The van der Waals surface area contributed by atoms with Crippen LogP contribution in [0, 0.1) is 5.82 Å². The monoisotopic (exact) mass is 495 g/mol. The van der Waals surface area contributed by atoms with Crippen molar-refractivity contribution >= 4 is 40.5 Å². The highest BCUT2D eigenvalue weighted by molar-refractivity contribution is 7.13. The molecule has 0 bridgehead atoms. The Labute approximate surface area is 206 Å². The molecule has 35 heavy (non-hydrogen) atoms. The second-order valence-corrected chi connectivity index (χ2v) is 9.49. The summed E-state index contributed by atoms with van der Waals surface area (Å²) < 4.78 is 20.3. The van der Waals surface area contributed by atoms with E-state index in [9.17, 15) is 9.59 Å². The van der Waals surface area contributed by atoms with Crippen molar-refractivity contribution < 1.29 is 18.7 Å². The third-order valence-corrected chi connectivity index (χ3v) is 7.11. The topological polar surface area (TPSA) is 78.0 Å². The fourth-order valence-electron chi connectivity index (χ4n) is 4.35. The molecule has 10 heteroatoms. The molecule has 4 heterocycles. The first-order chi connectivity index (χ1) is 17.0. The van der Waals surface area contributed by atoms with Gasteiger partial charge in [0.2, 0.25) is 5.91 Å².